The van der Waals surface area contributed by atoms with E-state index in [1.165, 1.54) is 0 Å². The van der Waals surface area contributed by atoms with E-state index in [2.05, 4.69) is 25.7 Å². The summed E-state index contributed by atoms with van der Waals surface area (Å²) >= 11 is 0. The number of ether oxygens (including phenoxy) is 1. The van der Waals surface area contributed by atoms with Gasteiger partial charge in [0.15, 0.2) is 0 Å². The van der Waals surface area contributed by atoms with Gasteiger partial charge < -0.3 is 14.5 Å². The van der Waals surface area contributed by atoms with E-state index in [1.807, 2.05) is 25.7 Å². The van der Waals surface area contributed by atoms with Crippen molar-refractivity contribution in [3.8, 4) is 0 Å². The van der Waals surface area contributed by atoms with Crippen LogP contribution in [0.5, 0.6) is 0 Å². The second-order valence-electron chi connectivity index (χ2n) is 9.90. The van der Waals surface area contributed by atoms with E-state index in [4.69, 9.17) is 4.74 Å². The topological polar surface area (TPSA) is 53.1 Å². The molecule has 2 amide bonds. The van der Waals surface area contributed by atoms with Gasteiger partial charge in [-0.05, 0) is 39.0 Å². The molecule has 26 heavy (non-hydrogen) atoms. The van der Waals surface area contributed by atoms with Gasteiger partial charge in [-0.25, -0.2) is 4.79 Å². The first kappa shape index (κ1) is 21.0. The first-order valence-electron chi connectivity index (χ1n) is 9.94. The molecule has 0 aliphatic carbocycles. The van der Waals surface area contributed by atoms with Crippen LogP contribution in [0.15, 0.2) is 0 Å². The molecule has 0 N–H and O–H groups in total. The molecule has 0 aromatic carbocycles. The lowest BCUT2D eigenvalue weighted by Crippen LogP contribution is -2.53. The fourth-order valence-corrected chi connectivity index (χ4v) is 3.69. The van der Waals surface area contributed by atoms with Crippen molar-refractivity contribution in [1.29, 1.82) is 0 Å². The van der Waals surface area contributed by atoms with Crippen LogP contribution in [0.2, 0.25) is 0 Å². The van der Waals surface area contributed by atoms with Gasteiger partial charge in [-0.1, -0.05) is 20.8 Å². The van der Waals surface area contributed by atoms with Crippen molar-refractivity contribution in [3.05, 3.63) is 0 Å². The standard InChI is InChI=1S/C20H37N3O3/c1-19(2,3)15-21-11-13-22(14-12-21)17(24)16-7-9-23(10-8-16)18(25)26-20(4,5)6/h16H,7-15H2,1-6H3. The molecule has 0 aromatic rings. The number of piperazine rings is 1. The fraction of sp³-hybridized carbons (Fsp3) is 0.900. The first-order chi connectivity index (χ1) is 11.9. The molecule has 0 saturated carbocycles. The largest absolute Gasteiger partial charge is 0.444 e. The summed E-state index contributed by atoms with van der Waals surface area (Å²) in [6.07, 6.45) is 1.21. The summed E-state index contributed by atoms with van der Waals surface area (Å²) < 4.78 is 5.43. The molecular formula is C20H37N3O3. The highest BCUT2D eigenvalue weighted by atomic mass is 16.6. The molecule has 0 unspecified atom stereocenters. The van der Waals surface area contributed by atoms with Crippen LogP contribution in [0.25, 0.3) is 0 Å². The second-order valence-corrected chi connectivity index (χ2v) is 9.90. The minimum Gasteiger partial charge on any atom is -0.444 e. The van der Waals surface area contributed by atoms with E-state index < -0.39 is 5.60 Å². The molecule has 0 aromatic heterocycles. The first-order valence-corrected chi connectivity index (χ1v) is 9.94. The van der Waals surface area contributed by atoms with Crippen LogP contribution < -0.4 is 0 Å². The summed E-state index contributed by atoms with van der Waals surface area (Å²) in [4.78, 5) is 31.2. The summed E-state index contributed by atoms with van der Waals surface area (Å²) in [5.41, 5.74) is -0.183. The Morgan fingerprint density at radius 1 is 0.846 bits per heavy atom. The van der Waals surface area contributed by atoms with Gasteiger partial charge in [-0.2, -0.15) is 0 Å². The van der Waals surface area contributed by atoms with Crippen molar-refractivity contribution in [2.75, 3.05) is 45.8 Å². The Labute approximate surface area is 158 Å². The van der Waals surface area contributed by atoms with Gasteiger partial charge in [0, 0.05) is 51.7 Å². The van der Waals surface area contributed by atoms with Crippen LogP contribution in [-0.4, -0.2) is 78.1 Å². The SMILES string of the molecule is CC(C)(C)CN1CCN(C(=O)C2CCN(C(=O)OC(C)(C)C)CC2)CC1. The highest BCUT2D eigenvalue weighted by molar-refractivity contribution is 5.79. The van der Waals surface area contributed by atoms with Gasteiger partial charge in [0.2, 0.25) is 5.91 Å². The summed E-state index contributed by atoms with van der Waals surface area (Å²) in [5.74, 6) is 0.312. The van der Waals surface area contributed by atoms with E-state index >= 15 is 0 Å². The molecule has 2 heterocycles. The van der Waals surface area contributed by atoms with Crippen molar-refractivity contribution in [2.24, 2.45) is 11.3 Å². The third-order valence-electron chi connectivity index (χ3n) is 4.88. The molecule has 2 saturated heterocycles. The van der Waals surface area contributed by atoms with Crippen LogP contribution >= 0.6 is 0 Å². The zero-order chi connectivity index (χ0) is 19.5. The quantitative estimate of drug-likeness (QED) is 0.753. The van der Waals surface area contributed by atoms with Crippen LogP contribution in [0.4, 0.5) is 4.79 Å². The van der Waals surface area contributed by atoms with Gasteiger partial charge in [-0.15, -0.1) is 0 Å². The highest BCUT2D eigenvalue weighted by Crippen LogP contribution is 2.23. The number of likely N-dealkylation sites (tertiary alicyclic amines) is 1. The number of carbonyl (C=O) groups is 2. The normalized spacial score (nSPS) is 21.0. The zero-order valence-electron chi connectivity index (χ0n) is 17.5. The van der Waals surface area contributed by atoms with E-state index in [0.717, 1.165) is 45.6 Å². The van der Waals surface area contributed by atoms with Crippen LogP contribution in [-0.2, 0) is 9.53 Å². The maximum atomic E-state index is 12.8. The fourth-order valence-electron chi connectivity index (χ4n) is 3.69. The number of rotatable bonds is 2. The molecule has 0 atom stereocenters. The maximum absolute atomic E-state index is 12.8. The Morgan fingerprint density at radius 3 is 1.85 bits per heavy atom. The van der Waals surface area contributed by atoms with Crippen LogP contribution in [0.1, 0.15) is 54.4 Å². The minimum absolute atomic E-state index is 0.0443. The van der Waals surface area contributed by atoms with Gasteiger partial charge in [0.25, 0.3) is 0 Å². The van der Waals surface area contributed by atoms with Crippen molar-refractivity contribution >= 4 is 12.0 Å². The van der Waals surface area contributed by atoms with Crippen molar-refractivity contribution < 1.29 is 14.3 Å². The van der Waals surface area contributed by atoms with Crippen LogP contribution in [0.3, 0.4) is 0 Å². The smallest absolute Gasteiger partial charge is 0.410 e. The van der Waals surface area contributed by atoms with Crippen molar-refractivity contribution in [3.63, 3.8) is 0 Å². The van der Waals surface area contributed by atoms with Crippen LogP contribution in [0, 0.1) is 11.3 Å². The average Bonchev–Trinajstić information content (AvgIpc) is 2.52. The van der Waals surface area contributed by atoms with E-state index in [1.54, 1.807) is 4.90 Å². The Balaban J connectivity index is 1.76. The van der Waals surface area contributed by atoms with E-state index in [-0.39, 0.29) is 17.9 Å². The van der Waals surface area contributed by atoms with Gasteiger partial charge >= 0.3 is 6.09 Å². The molecular weight excluding hydrogens is 330 g/mol. The maximum Gasteiger partial charge on any atom is 0.410 e. The molecule has 2 aliphatic rings. The molecule has 2 fully saturated rings. The summed E-state index contributed by atoms with van der Waals surface area (Å²) in [6.45, 7) is 18.2. The van der Waals surface area contributed by atoms with E-state index in [9.17, 15) is 9.59 Å². The third-order valence-corrected chi connectivity index (χ3v) is 4.88. The minimum atomic E-state index is -0.476. The van der Waals surface area contributed by atoms with E-state index in [0.29, 0.717) is 18.5 Å². The number of piperidine rings is 1. The molecule has 6 nitrogen and oxygen atoms in total. The Morgan fingerprint density at radius 2 is 1.38 bits per heavy atom. The van der Waals surface area contributed by atoms with Crippen molar-refractivity contribution in [1.82, 2.24) is 14.7 Å². The molecule has 2 aliphatic heterocycles. The molecule has 150 valence electrons. The predicted molar refractivity (Wildman–Crippen MR) is 103 cm³/mol. The third kappa shape index (κ3) is 6.45. The summed E-state index contributed by atoms with van der Waals surface area (Å²) in [5, 5.41) is 0. The lowest BCUT2D eigenvalue weighted by molar-refractivity contribution is -0.139. The van der Waals surface area contributed by atoms with Gasteiger partial charge in [0.1, 0.15) is 5.60 Å². The summed E-state index contributed by atoms with van der Waals surface area (Å²) in [7, 11) is 0. The second kappa shape index (κ2) is 8.15. The zero-order valence-corrected chi connectivity index (χ0v) is 17.5. The number of hydrogen-bond acceptors (Lipinski definition) is 4. The van der Waals surface area contributed by atoms with Gasteiger partial charge in [0.05, 0.1) is 0 Å². The molecule has 0 bridgehead atoms. The average molecular weight is 368 g/mol. The molecule has 2 rings (SSSR count). The number of carbonyl (C=O) groups excluding carboxylic acids is 2. The number of amides is 2. The van der Waals surface area contributed by atoms with Crippen molar-refractivity contribution in [2.45, 2.75) is 60.0 Å². The molecule has 6 heteroatoms. The lowest BCUT2D eigenvalue weighted by atomic mass is 9.94. The highest BCUT2D eigenvalue weighted by Gasteiger charge is 2.33. The number of hydrogen-bond donors (Lipinski definition) is 0. The van der Waals surface area contributed by atoms with Gasteiger partial charge in [-0.3, -0.25) is 9.69 Å². The predicted octanol–water partition coefficient (Wildman–Crippen LogP) is 2.82. The Kier molecular flexibility index (Phi) is 6.59. The summed E-state index contributed by atoms with van der Waals surface area (Å²) in [6, 6.07) is 0. The molecule has 0 spiro atoms. The Hall–Kier alpha value is -1.30. The lowest BCUT2D eigenvalue weighted by Gasteiger charge is -2.40. The Bertz CT molecular complexity index is 491. The monoisotopic (exact) mass is 367 g/mol. The molecule has 0 radical (unpaired) electrons. The number of nitrogens with zero attached hydrogens (tertiary/aromatic N) is 3.